The Morgan fingerprint density at radius 3 is 2.78 bits per heavy atom. The van der Waals surface area contributed by atoms with Gasteiger partial charge in [-0.2, -0.15) is 0 Å². The molecular formula is C15H15NOS. The largest absolute Gasteiger partial charge is 0.338 e. The summed E-state index contributed by atoms with van der Waals surface area (Å²) >= 11 is 1.65. The Morgan fingerprint density at radius 1 is 1.17 bits per heavy atom. The Labute approximate surface area is 111 Å². The van der Waals surface area contributed by atoms with Crippen molar-refractivity contribution in [3.8, 4) is 0 Å². The highest BCUT2D eigenvalue weighted by molar-refractivity contribution is 7.10. The van der Waals surface area contributed by atoms with Crippen LogP contribution >= 0.6 is 11.3 Å². The minimum Gasteiger partial charge on any atom is -0.338 e. The fraction of sp³-hybridized carbons (Fsp3) is 0.267. The molecule has 1 aliphatic heterocycles. The smallest absolute Gasteiger partial charge is 0.228 e. The molecule has 18 heavy (non-hydrogen) atoms. The molecule has 0 radical (unpaired) electrons. The van der Waals surface area contributed by atoms with Crippen molar-refractivity contribution in [3.63, 3.8) is 0 Å². The van der Waals surface area contributed by atoms with E-state index in [0.717, 1.165) is 24.4 Å². The second-order valence-electron chi connectivity index (χ2n) is 4.59. The summed E-state index contributed by atoms with van der Waals surface area (Å²) in [5.41, 5.74) is 2.68. The fourth-order valence-corrected chi connectivity index (χ4v) is 3.08. The van der Waals surface area contributed by atoms with Crippen molar-refractivity contribution in [2.24, 2.45) is 0 Å². The van der Waals surface area contributed by atoms with Gasteiger partial charge in [0.25, 0.3) is 0 Å². The van der Waals surface area contributed by atoms with Crippen LogP contribution in [0.25, 0.3) is 0 Å². The van der Waals surface area contributed by atoms with Crippen molar-refractivity contribution in [1.29, 1.82) is 0 Å². The average Bonchev–Trinajstić information content (AvgIpc) is 2.91. The molecule has 0 aliphatic carbocycles. The lowest BCUT2D eigenvalue weighted by atomic mass is 10.00. The first kappa shape index (κ1) is 11.5. The topological polar surface area (TPSA) is 20.3 Å². The summed E-state index contributed by atoms with van der Waals surface area (Å²) < 4.78 is 0. The molecule has 1 aliphatic rings. The van der Waals surface area contributed by atoms with Gasteiger partial charge in [-0.25, -0.2) is 0 Å². The van der Waals surface area contributed by atoms with Crippen molar-refractivity contribution in [2.75, 3.05) is 6.54 Å². The van der Waals surface area contributed by atoms with Gasteiger partial charge in [-0.15, -0.1) is 11.3 Å². The molecule has 0 saturated heterocycles. The molecule has 0 bridgehead atoms. The van der Waals surface area contributed by atoms with Crippen LogP contribution in [0.3, 0.4) is 0 Å². The lowest BCUT2D eigenvalue weighted by Crippen LogP contribution is -2.36. The number of nitrogens with zero attached hydrogens (tertiary/aromatic N) is 1. The quantitative estimate of drug-likeness (QED) is 0.810. The highest BCUT2D eigenvalue weighted by Gasteiger charge is 2.20. The van der Waals surface area contributed by atoms with Gasteiger partial charge >= 0.3 is 0 Å². The van der Waals surface area contributed by atoms with Gasteiger partial charge in [0, 0.05) is 18.0 Å². The van der Waals surface area contributed by atoms with E-state index < -0.39 is 0 Å². The summed E-state index contributed by atoms with van der Waals surface area (Å²) in [5, 5.41) is 2.02. The number of thiophene rings is 1. The van der Waals surface area contributed by atoms with E-state index in [9.17, 15) is 4.79 Å². The molecule has 0 saturated carbocycles. The van der Waals surface area contributed by atoms with Gasteiger partial charge in [0.2, 0.25) is 5.91 Å². The Balaban J connectivity index is 1.70. The van der Waals surface area contributed by atoms with Crippen molar-refractivity contribution in [2.45, 2.75) is 19.4 Å². The Hall–Kier alpha value is -1.61. The molecule has 1 aromatic carbocycles. The van der Waals surface area contributed by atoms with Crippen molar-refractivity contribution in [1.82, 2.24) is 4.90 Å². The number of hydrogen-bond donors (Lipinski definition) is 0. The van der Waals surface area contributed by atoms with Gasteiger partial charge < -0.3 is 4.90 Å². The van der Waals surface area contributed by atoms with E-state index in [2.05, 4.69) is 18.2 Å². The minimum absolute atomic E-state index is 0.243. The van der Waals surface area contributed by atoms with Gasteiger partial charge in [0.15, 0.2) is 0 Å². The molecule has 1 aromatic heterocycles. The zero-order valence-corrected chi connectivity index (χ0v) is 11.0. The third kappa shape index (κ3) is 2.31. The maximum atomic E-state index is 12.2. The van der Waals surface area contributed by atoms with Crippen LogP contribution in [-0.4, -0.2) is 17.4 Å². The van der Waals surface area contributed by atoms with E-state index >= 15 is 0 Å². The number of fused-ring (bicyclic) bond motifs is 1. The number of carbonyl (C=O) groups is 1. The number of rotatable bonds is 2. The molecule has 0 atom stereocenters. The van der Waals surface area contributed by atoms with Crippen LogP contribution in [0, 0.1) is 0 Å². The highest BCUT2D eigenvalue weighted by Crippen LogP contribution is 2.20. The first-order valence-electron chi connectivity index (χ1n) is 6.20. The molecule has 2 nitrogen and oxygen atoms in total. The van der Waals surface area contributed by atoms with Gasteiger partial charge in [0.05, 0.1) is 6.42 Å². The summed E-state index contributed by atoms with van der Waals surface area (Å²) in [6.45, 7) is 1.61. The number of carbonyl (C=O) groups excluding carboxylic acids is 1. The second kappa shape index (κ2) is 4.94. The monoisotopic (exact) mass is 257 g/mol. The van der Waals surface area contributed by atoms with E-state index in [1.807, 2.05) is 28.5 Å². The molecule has 0 unspecified atom stereocenters. The zero-order chi connectivity index (χ0) is 12.4. The number of hydrogen-bond acceptors (Lipinski definition) is 2. The predicted molar refractivity (Wildman–Crippen MR) is 73.6 cm³/mol. The van der Waals surface area contributed by atoms with Crippen molar-refractivity contribution < 1.29 is 4.79 Å². The predicted octanol–water partition coefficient (Wildman–Crippen LogP) is 2.88. The fourth-order valence-electron chi connectivity index (χ4n) is 2.38. The molecule has 2 heterocycles. The second-order valence-corrected chi connectivity index (χ2v) is 5.62. The average molecular weight is 257 g/mol. The van der Waals surface area contributed by atoms with Gasteiger partial charge in [0.1, 0.15) is 0 Å². The maximum absolute atomic E-state index is 12.2. The van der Waals surface area contributed by atoms with Crippen molar-refractivity contribution >= 4 is 17.2 Å². The SMILES string of the molecule is O=C(Cc1cccs1)N1CCc2ccccc2C1. The van der Waals surface area contributed by atoms with Crippen LogP contribution in [0.1, 0.15) is 16.0 Å². The number of amides is 1. The Kier molecular flexibility index (Phi) is 3.15. The summed E-state index contributed by atoms with van der Waals surface area (Å²) in [5.74, 6) is 0.243. The van der Waals surface area contributed by atoms with Crippen LogP contribution in [-0.2, 0) is 24.2 Å². The summed E-state index contributed by atoms with van der Waals surface area (Å²) in [7, 11) is 0. The molecule has 0 N–H and O–H groups in total. The van der Waals surface area contributed by atoms with E-state index in [-0.39, 0.29) is 5.91 Å². The van der Waals surface area contributed by atoms with Crippen molar-refractivity contribution in [3.05, 3.63) is 57.8 Å². The molecule has 2 aromatic rings. The van der Waals surface area contributed by atoms with E-state index in [0.29, 0.717) is 6.42 Å². The third-order valence-corrected chi connectivity index (χ3v) is 4.27. The first-order valence-corrected chi connectivity index (χ1v) is 7.08. The van der Waals surface area contributed by atoms with Crippen LogP contribution in [0.15, 0.2) is 41.8 Å². The molecule has 3 heteroatoms. The van der Waals surface area contributed by atoms with Crippen LogP contribution in [0.5, 0.6) is 0 Å². The van der Waals surface area contributed by atoms with E-state index in [1.54, 1.807) is 11.3 Å². The summed E-state index contributed by atoms with van der Waals surface area (Å²) in [6.07, 6.45) is 1.52. The Bertz CT molecular complexity index is 547. The van der Waals surface area contributed by atoms with Crippen LogP contribution < -0.4 is 0 Å². The lowest BCUT2D eigenvalue weighted by Gasteiger charge is -2.28. The minimum atomic E-state index is 0.243. The van der Waals surface area contributed by atoms with Crippen LogP contribution in [0.2, 0.25) is 0 Å². The Morgan fingerprint density at radius 2 is 2.00 bits per heavy atom. The first-order chi connectivity index (χ1) is 8.83. The number of benzene rings is 1. The molecular weight excluding hydrogens is 242 g/mol. The molecule has 3 rings (SSSR count). The molecule has 92 valence electrons. The lowest BCUT2D eigenvalue weighted by molar-refractivity contribution is -0.131. The third-order valence-electron chi connectivity index (χ3n) is 3.39. The standard InChI is InChI=1S/C15H15NOS/c17-15(10-14-6-3-9-18-14)16-8-7-12-4-1-2-5-13(12)11-16/h1-6,9H,7-8,10-11H2. The molecule has 0 spiro atoms. The zero-order valence-electron chi connectivity index (χ0n) is 10.1. The normalized spacial score (nSPS) is 14.3. The van der Waals surface area contributed by atoms with Crippen LogP contribution in [0.4, 0.5) is 0 Å². The van der Waals surface area contributed by atoms with Gasteiger partial charge in [-0.3, -0.25) is 4.79 Å². The van der Waals surface area contributed by atoms with E-state index in [4.69, 9.17) is 0 Å². The highest BCUT2D eigenvalue weighted by atomic mass is 32.1. The van der Waals surface area contributed by atoms with Gasteiger partial charge in [-0.05, 0) is 29.0 Å². The molecule has 1 amide bonds. The van der Waals surface area contributed by atoms with Gasteiger partial charge in [-0.1, -0.05) is 30.3 Å². The molecule has 0 fully saturated rings. The van der Waals surface area contributed by atoms with E-state index in [1.165, 1.54) is 11.1 Å². The maximum Gasteiger partial charge on any atom is 0.228 e. The summed E-state index contributed by atoms with van der Waals surface area (Å²) in [4.78, 5) is 15.3. The summed E-state index contributed by atoms with van der Waals surface area (Å²) in [6, 6.07) is 12.4.